The summed E-state index contributed by atoms with van der Waals surface area (Å²) in [7, 11) is 1.60. The molecular formula is C10H18N4O2S. The Hall–Kier alpha value is -1.21. The van der Waals surface area contributed by atoms with E-state index in [1.54, 1.807) is 7.11 Å². The standard InChI is InChI=1S/C10H18N4O2S/c1-7(2)9-13-10(17-14-9)12-6-8(15)11-4-5-16-3/h7H,4-6H2,1-3H3,(H,11,15)(H,12,13,14). The van der Waals surface area contributed by atoms with E-state index < -0.39 is 0 Å². The zero-order chi connectivity index (χ0) is 12.7. The molecule has 0 aromatic carbocycles. The lowest BCUT2D eigenvalue weighted by atomic mass is 10.2. The van der Waals surface area contributed by atoms with Crippen LogP contribution in [0.1, 0.15) is 25.6 Å². The molecule has 0 bridgehead atoms. The summed E-state index contributed by atoms with van der Waals surface area (Å²) in [5.41, 5.74) is 0. The molecular weight excluding hydrogens is 240 g/mol. The van der Waals surface area contributed by atoms with Gasteiger partial charge in [-0.25, -0.2) is 4.98 Å². The fourth-order valence-corrected chi connectivity index (χ4v) is 1.75. The number of methoxy groups -OCH3 is 1. The van der Waals surface area contributed by atoms with Gasteiger partial charge in [0.25, 0.3) is 0 Å². The molecule has 0 radical (unpaired) electrons. The number of ether oxygens (including phenoxy) is 1. The molecule has 1 aromatic rings. The van der Waals surface area contributed by atoms with Crippen LogP contribution in [0.25, 0.3) is 0 Å². The Morgan fingerprint density at radius 3 is 2.88 bits per heavy atom. The van der Waals surface area contributed by atoms with Crippen LogP contribution in [0.3, 0.4) is 0 Å². The molecule has 1 heterocycles. The molecule has 0 unspecified atom stereocenters. The van der Waals surface area contributed by atoms with Crippen LogP contribution >= 0.6 is 11.5 Å². The molecule has 1 aromatic heterocycles. The summed E-state index contributed by atoms with van der Waals surface area (Å²) in [6, 6.07) is 0. The Bertz CT molecular complexity index is 354. The van der Waals surface area contributed by atoms with Crippen LogP contribution in [0.15, 0.2) is 0 Å². The van der Waals surface area contributed by atoms with Crippen molar-refractivity contribution in [3.8, 4) is 0 Å². The van der Waals surface area contributed by atoms with Gasteiger partial charge in [-0.3, -0.25) is 4.79 Å². The topological polar surface area (TPSA) is 76.1 Å². The van der Waals surface area contributed by atoms with Crippen LogP contribution in [0.5, 0.6) is 0 Å². The summed E-state index contributed by atoms with van der Waals surface area (Å²) < 4.78 is 9.01. The number of nitrogens with one attached hydrogen (secondary N) is 2. The second kappa shape index (κ2) is 7.18. The van der Waals surface area contributed by atoms with Crippen molar-refractivity contribution in [1.82, 2.24) is 14.7 Å². The molecule has 0 aliphatic carbocycles. The lowest BCUT2D eigenvalue weighted by Crippen LogP contribution is -2.32. The molecule has 0 aliphatic rings. The van der Waals surface area contributed by atoms with E-state index in [4.69, 9.17) is 4.74 Å². The third-order valence-electron chi connectivity index (χ3n) is 1.99. The molecule has 0 saturated carbocycles. The summed E-state index contributed by atoms with van der Waals surface area (Å²) in [4.78, 5) is 15.6. The third-order valence-corrected chi connectivity index (χ3v) is 2.67. The molecule has 96 valence electrons. The quantitative estimate of drug-likeness (QED) is 0.709. The van der Waals surface area contributed by atoms with E-state index in [0.717, 1.165) is 5.82 Å². The van der Waals surface area contributed by atoms with E-state index >= 15 is 0 Å². The van der Waals surface area contributed by atoms with Crippen molar-refractivity contribution in [2.75, 3.05) is 32.1 Å². The average Bonchev–Trinajstić information content (AvgIpc) is 2.75. The van der Waals surface area contributed by atoms with Gasteiger partial charge in [0, 0.05) is 31.1 Å². The fourth-order valence-electron chi connectivity index (χ4n) is 1.05. The number of anilines is 1. The van der Waals surface area contributed by atoms with Crippen LogP contribution in [0, 0.1) is 0 Å². The van der Waals surface area contributed by atoms with Crippen molar-refractivity contribution in [2.45, 2.75) is 19.8 Å². The number of carbonyl (C=O) groups is 1. The minimum absolute atomic E-state index is 0.0802. The summed E-state index contributed by atoms with van der Waals surface area (Å²) >= 11 is 1.27. The Balaban J connectivity index is 2.27. The van der Waals surface area contributed by atoms with Gasteiger partial charge in [-0.1, -0.05) is 13.8 Å². The number of rotatable bonds is 7. The van der Waals surface area contributed by atoms with Crippen molar-refractivity contribution < 1.29 is 9.53 Å². The van der Waals surface area contributed by atoms with Gasteiger partial charge in [-0.15, -0.1) is 0 Å². The smallest absolute Gasteiger partial charge is 0.239 e. The van der Waals surface area contributed by atoms with Crippen molar-refractivity contribution in [3.05, 3.63) is 5.82 Å². The first kappa shape index (κ1) is 13.9. The van der Waals surface area contributed by atoms with Gasteiger partial charge in [0.1, 0.15) is 5.82 Å². The molecule has 1 rings (SSSR count). The van der Waals surface area contributed by atoms with Gasteiger partial charge in [-0.2, -0.15) is 4.37 Å². The molecule has 1 amide bonds. The Labute approximate surface area is 105 Å². The van der Waals surface area contributed by atoms with E-state index in [2.05, 4.69) is 20.0 Å². The first-order valence-corrected chi connectivity index (χ1v) is 6.24. The first-order chi connectivity index (χ1) is 8.13. The van der Waals surface area contributed by atoms with Crippen molar-refractivity contribution in [3.63, 3.8) is 0 Å². The van der Waals surface area contributed by atoms with Crippen LogP contribution in [-0.2, 0) is 9.53 Å². The van der Waals surface area contributed by atoms with Crippen LogP contribution in [-0.4, -0.2) is 42.1 Å². The third kappa shape index (κ3) is 5.10. The molecule has 2 N–H and O–H groups in total. The molecule has 0 saturated heterocycles. The first-order valence-electron chi connectivity index (χ1n) is 5.46. The summed E-state index contributed by atoms with van der Waals surface area (Å²) in [5, 5.41) is 6.33. The highest BCUT2D eigenvalue weighted by molar-refractivity contribution is 7.09. The average molecular weight is 258 g/mol. The highest BCUT2D eigenvalue weighted by Gasteiger charge is 2.08. The number of nitrogens with zero attached hydrogens (tertiary/aromatic N) is 2. The minimum atomic E-state index is -0.0802. The van der Waals surface area contributed by atoms with Gasteiger partial charge >= 0.3 is 0 Å². The Morgan fingerprint density at radius 1 is 1.53 bits per heavy atom. The Morgan fingerprint density at radius 2 is 2.29 bits per heavy atom. The van der Waals surface area contributed by atoms with Crippen LogP contribution < -0.4 is 10.6 Å². The van der Waals surface area contributed by atoms with Gasteiger partial charge in [0.2, 0.25) is 11.0 Å². The molecule has 0 fully saturated rings. The fraction of sp³-hybridized carbons (Fsp3) is 0.700. The number of hydrogen-bond acceptors (Lipinski definition) is 6. The molecule has 0 atom stereocenters. The second-order valence-corrected chi connectivity index (χ2v) is 4.56. The van der Waals surface area contributed by atoms with E-state index in [1.165, 1.54) is 11.5 Å². The number of aromatic nitrogens is 2. The maximum Gasteiger partial charge on any atom is 0.239 e. The van der Waals surface area contributed by atoms with Crippen molar-refractivity contribution in [2.24, 2.45) is 0 Å². The lowest BCUT2D eigenvalue weighted by molar-refractivity contribution is -0.119. The summed E-state index contributed by atoms with van der Waals surface area (Å²) in [6.07, 6.45) is 0. The highest BCUT2D eigenvalue weighted by Crippen LogP contribution is 2.16. The molecule has 7 heteroatoms. The van der Waals surface area contributed by atoms with Crippen LogP contribution in [0.4, 0.5) is 5.13 Å². The maximum absolute atomic E-state index is 11.4. The summed E-state index contributed by atoms with van der Waals surface area (Å²) in [6.45, 7) is 5.30. The second-order valence-electron chi connectivity index (χ2n) is 3.81. The van der Waals surface area contributed by atoms with Gasteiger partial charge in [0.15, 0.2) is 0 Å². The highest BCUT2D eigenvalue weighted by atomic mass is 32.1. The number of carbonyl (C=O) groups excluding carboxylic acids is 1. The monoisotopic (exact) mass is 258 g/mol. The van der Waals surface area contributed by atoms with Crippen molar-refractivity contribution in [1.29, 1.82) is 0 Å². The molecule has 0 aliphatic heterocycles. The molecule has 17 heavy (non-hydrogen) atoms. The summed E-state index contributed by atoms with van der Waals surface area (Å²) in [5.74, 6) is 1.03. The number of hydrogen-bond donors (Lipinski definition) is 2. The van der Waals surface area contributed by atoms with Gasteiger partial charge in [-0.05, 0) is 0 Å². The zero-order valence-corrected chi connectivity index (χ0v) is 11.1. The predicted molar refractivity (Wildman–Crippen MR) is 67.4 cm³/mol. The normalized spacial score (nSPS) is 10.6. The molecule has 6 nitrogen and oxygen atoms in total. The SMILES string of the molecule is COCCNC(=O)CNc1nc(C(C)C)ns1. The predicted octanol–water partition coefficient (Wildman–Crippen LogP) is 0.836. The van der Waals surface area contributed by atoms with E-state index in [1.807, 2.05) is 13.8 Å². The van der Waals surface area contributed by atoms with Crippen LogP contribution in [0.2, 0.25) is 0 Å². The van der Waals surface area contributed by atoms with Gasteiger partial charge < -0.3 is 15.4 Å². The number of amides is 1. The Kier molecular flexibility index (Phi) is 5.85. The maximum atomic E-state index is 11.4. The van der Waals surface area contributed by atoms with Gasteiger partial charge in [0.05, 0.1) is 13.2 Å². The lowest BCUT2D eigenvalue weighted by Gasteiger charge is -2.04. The largest absolute Gasteiger partial charge is 0.383 e. The zero-order valence-electron chi connectivity index (χ0n) is 10.3. The van der Waals surface area contributed by atoms with E-state index in [9.17, 15) is 4.79 Å². The van der Waals surface area contributed by atoms with E-state index in [0.29, 0.717) is 24.2 Å². The van der Waals surface area contributed by atoms with Crippen molar-refractivity contribution >= 4 is 22.6 Å². The van der Waals surface area contributed by atoms with E-state index in [-0.39, 0.29) is 12.5 Å². The molecule has 0 spiro atoms. The minimum Gasteiger partial charge on any atom is -0.383 e.